The number of nitrogens with one attached hydrogen (secondary N) is 1. The first-order valence-electron chi connectivity index (χ1n) is 8.05. The number of rotatable bonds is 5. The number of benzene rings is 1. The topological polar surface area (TPSA) is 76.9 Å². The van der Waals surface area contributed by atoms with Gasteiger partial charge in [-0.05, 0) is 24.3 Å². The molecule has 0 radical (unpaired) electrons. The highest BCUT2D eigenvalue weighted by Crippen LogP contribution is 2.32. The van der Waals surface area contributed by atoms with Crippen molar-refractivity contribution in [2.75, 3.05) is 5.32 Å². The molecule has 1 amide bonds. The Kier molecular flexibility index (Phi) is 5.02. The lowest BCUT2D eigenvalue weighted by atomic mass is 10.2. The fourth-order valence-electron chi connectivity index (χ4n) is 2.57. The molecule has 0 aliphatic heterocycles. The van der Waals surface area contributed by atoms with Gasteiger partial charge >= 0.3 is 0 Å². The average Bonchev–Trinajstić information content (AvgIpc) is 3.30. The molecule has 6 nitrogen and oxygen atoms in total. The highest BCUT2D eigenvalue weighted by Gasteiger charge is 2.11. The normalized spacial score (nSPS) is 11.0. The maximum absolute atomic E-state index is 12.4. The highest BCUT2D eigenvalue weighted by molar-refractivity contribution is 7.20. The van der Waals surface area contributed by atoms with Gasteiger partial charge in [-0.25, -0.2) is 9.97 Å². The minimum atomic E-state index is -0.208. The molecule has 136 valence electrons. The quantitative estimate of drug-likeness (QED) is 0.527. The zero-order valence-electron chi connectivity index (χ0n) is 13.9. The van der Waals surface area contributed by atoms with Crippen LogP contribution in [0, 0.1) is 0 Å². The van der Waals surface area contributed by atoms with Crippen molar-refractivity contribution in [3.8, 4) is 10.6 Å². The lowest BCUT2D eigenvalue weighted by Crippen LogP contribution is -2.23. The van der Waals surface area contributed by atoms with Crippen LogP contribution in [0.3, 0.4) is 0 Å². The molecule has 0 aliphatic rings. The van der Waals surface area contributed by atoms with Crippen LogP contribution in [0.25, 0.3) is 21.5 Å². The summed E-state index contributed by atoms with van der Waals surface area (Å²) in [6.45, 7) is 0.251. The molecule has 27 heavy (non-hydrogen) atoms. The highest BCUT2D eigenvalue weighted by atomic mass is 35.5. The van der Waals surface area contributed by atoms with E-state index in [0.29, 0.717) is 20.4 Å². The third-order valence-electron chi connectivity index (χ3n) is 3.89. The summed E-state index contributed by atoms with van der Waals surface area (Å²) in [7, 11) is 0. The molecule has 0 bridgehead atoms. The molecule has 0 atom stereocenters. The summed E-state index contributed by atoms with van der Waals surface area (Å²) >= 11 is 8.72. The van der Waals surface area contributed by atoms with E-state index in [1.54, 1.807) is 18.2 Å². The maximum Gasteiger partial charge on any atom is 0.261 e. The number of amides is 1. The number of carbonyl (C=O) groups is 1. The number of aryl methyl sites for hydroxylation is 1. The summed E-state index contributed by atoms with van der Waals surface area (Å²) in [5.41, 5.74) is 1.27. The first-order valence-corrected chi connectivity index (χ1v) is 10.1. The van der Waals surface area contributed by atoms with Gasteiger partial charge < -0.3 is 5.32 Å². The van der Waals surface area contributed by atoms with Gasteiger partial charge in [0.05, 0.1) is 32.1 Å². The average molecular weight is 417 g/mol. The van der Waals surface area contributed by atoms with E-state index in [2.05, 4.69) is 15.3 Å². The Balaban J connectivity index is 1.41. The molecule has 3 aromatic heterocycles. The van der Waals surface area contributed by atoms with Gasteiger partial charge in [-0.2, -0.15) is 0 Å². The number of fused-ring (bicyclic) bond motifs is 1. The van der Waals surface area contributed by atoms with Gasteiger partial charge in [-0.3, -0.25) is 14.2 Å². The predicted octanol–water partition coefficient (Wildman–Crippen LogP) is 4.26. The van der Waals surface area contributed by atoms with E-state index in [4.69, 9.17) is 11.6 Å². The van der Waals surface area contributed by atoms with Crippen LogP contribution < -0.4 is 10.9 Å². The number of hydrogen-bond donors (Lipinski definition) is 1. The van der Waals surface area contributed by atoms with Crippen molar-refractivity contribution in [2.45, 2.75) is 13.0 Å². The number of nitrogens with zero attached hydrogens (tertiary/aromatic N) is 3. The second-order valence-electron chi connectivity index (χ2n) is 5.70. The van der Waals surface area contributed by atoms with E-state index in [1.165, 1.54) is 33.6 Å². The predicted molar refractivity (Wildman–Crippen MR) is 110 cm³/mol. The Morgan fingerprint density at radius 1 is 1.22 bits per heavy atom. The van der Waals surface area contributed by atoms with E-state index in [9.17, 15) is 9.59 Å². The number of hydrogen-bond acceptors (Lipinski definition) is 6. The van der Waals surface area contributed by atoms with Crippen LogP contribution in [0.4, 0.5) is 5.13 Å². The van der Waals surface area contributed by atoms with Gasteiger partial charge in [0.25, 0.3) is 5.56 Å². The summed E-state index contributed by atoms with van der Waals surface area (Å²) in [5.74, 6) is -0.208. The monoisotopic (exact) mass is 416 g/mol. The van der Waals surface area contributed by atoms with Crippen molar-refractivity contribution in [3.05, 3.63) is 62.8 Å². The molecule has 3 heterocycles. The van der Waals surface area contributed by atoms with Gasteiger partial charge in [0.1, 0.15) is 0 Å². The molecular weight excluding hydrogens is 404 g/mol. The van der Waals surface area contributed by atoms with Crippen molar-refractivity contribution in [1.82, 2.24) is 14.5 Å². The van der Waals surface area contributed by atoms with Crippen molar-refractivity contribution in [3.63, 3.8) is 0 Å². The summed E-state index contributed by atoms with van der Waals surface area (Å²) < 4.78 is 2.14. The lowest BCUT2D eigenvalue weighted by molar-refractivity contribution is -0.116. The number of thiophene rings is 1. The van der Waals surface area contributed by atoms with Crippen LogP contribution in [0.1, 0.15) is 6.42 Å². The van der Waals surface area contributed by atoms with Gasteiger partial charge in [0.15, 0.2) is 5.13 Å². The Hall–Kier alpha value is -2.55. The number of aromatic nitrogens is 3. The van der Waals surface area contributed by atoms with Crippen molar-refractivity contribution < 1.29 is 4.79 Å². The van der Waals surface area contributed by atoms with Gasteiger partial charge in [-0.1, -0.05) is 23.7 Å². The van der Waals surface area contributed by atoms with Gasteiger partial charge in [-0.15, -0.1) is 22.7 Å². The number of thiazole rings is 1. The van der Waals surface area contributed by atoms with E-state index in [0.717, 1.165) is 10.6 Å². The SMILES string of the molecule is O=C(CCn1cnc2ccccc2c1=O)Nc1nc(-c2ccc(Cl)s2)cs1. The molecule has 0 saturated carbocycles. The molecule has 0 fully saturated rings. The van der Waals surface area contributed by atoms with Crippen LogP contribution in [-0.4, -0.2) is 20.4 Å². The number of carbonyl (C=O) groups excluding carboxylic acids is 1. The summed E-state index contributed by atoms with van der Waals surface area (Å²) in [4.78, 5) is 34.3. The molecule has 4 rings (SSSR count). The molecular formula is C18H13ClN4O2S2. The maximum atomic E-state index is 12.4. The third-order valence-corrected chi connectivity index (χ3v) is 5.90. The Morgan fingerprint density at radius 3 is 2.89 bits per heavy atom. The van der Waals surface area contributed by atoms with Gasteiger partial charge in [0.2, 0.25) is 5.91 Å². The first kappa shape index (κ1) is 17.8. The van der Waals surface area contributed by atoms with Crippen molar-refractivity contribution in [2.24, 2.45) is 0 Å². The fraction of sp³-hybridized carbons (Fsp3) is 0.111. The van der Waals surface area contributed by atoms with Crippen LogP contribution in [-0.2, 0) is 11.3 Å². The summed E-state index contributed by atoms with van der Waals surface area (Å²) in [6.07, 6.45) is 1.62. The minimum absolute atomic E-state index is 0.152. The Labute approximate surface area is 167 Å². The number of halogens is 1. The van der Waals surface area contributed by atoms with E-state index in [-0.39, 0.29) is 24.4 Å². The second kappa shape index (κ2) is 7.59. The Bertz CT molecular complexity index is 1180. The largest absolute Gasteiger partial charge is 0.302 e. The molecule has 0 aliphatic carbocycles. The van der Waals surface area contributed by atoms with Gasteiger partial charge in [0, 0.05) is 18.3 Å². The van der Waals surface area contributed by atoms with E-state index < -0.39 is 0 Å². The second-order valence-corrected chi connectivity index (χ2v) is 8.27. The minimum Gasteiger partial charge on any atom is -0.302 e. The van der Waals surface area contributed by atoms with Crippen molar-refractivity contribution >= 4 is 56.2 Å². The van der Waals surface area contributed by atoms with Crippen LogP contribution >= 0.6 is 34.3 Å². The molecule has 0 unspecified atom stereocenters. The zero-order chi connectivity index (χ0) is 18.8. The number of anilines is 1. The Morgan fingerprint density at radius 2 is 2.07 bits per heavy atom. The lowest BCUT2D eigenvalue weighted by Gasteiger charge is -2.06. The van der Waals surface area contributed by atoms with Crippen LogP contribution in [0.15, 0.2) is 52.9 Å². The standard InChI is InChI=1S/C18H13ClN4O2S2/c19-15-6-5-14(27-15)13-9-26-18(21-13)22-16(24)7-8-23-10-20-12-4-2-1-3-11(12)17(23)25/h1-6,9-10H,7-8H2,(H,21,22,24). The molecule has 1 aromatic carbocycles. The van der Waals surface area contributed by atoms with E-state index >= 15 is 0 Å². The summed E-state index contributed by atoms with van der Waals surface area (Å²) in [6, 6.07) is 10.9. The number of para-hydroxylation sites is 1. The fourth-order valence-corrected chi connectivity index (χ4v) is 4.37. The molecule has 0 saturated heterocycles. The first-order chi connectivity index (χ1) is 13.1. The van der Waals surface area contributed by atoms with Crippen LogP contribution in [0.5, 0.6) is 0 Å². The zero-order valence-corrected chi connectivity index (χ0v) is 16.3. The molecule has 1 N–H and O–H groups in total. The third kappa shape index (κ3) is 3.92. The smallest absolute Gasteiger partial charge is 0.261 e. The molecule has 0 spiro atoms. The van der Waals surface area contributed by atoms with E-state index in [1.807, 2.05) is 23.6 Å². The molecule has 9 heteroatoms. The molecule has 4 aromatic rings. The van der Waals surface area contributed by atoms with Crippen LogP contribution in [0.2, 0.25) is 4.34 Å². The van der Waals surface area contributed by atoms with Crippen molar-refractivity contribution in [1.29, 1.82) is 0 Å². The summed E-state index contributed by atoms with van der Waals surface area (Å²) in [5, 5.41) is 5.70.